The van der Waals surface area contributed by atoms with Crippen molar-refractivity contribution in [3.63, 3.8) is 0 Å². The Morgan fingerprint density at radius 3 is 2.40 bits per heavy atom. The largest absolute Gasteiger partial charge is 0.355 e. The third-order valence-electron chi connectivity index (χ3n) is 2.99. The lowest BCUT2D eigenvalue weighted by molar-refractivity contribution is -0.128. The molecule has 0 unspecified atom stereocenters. The summed E-state index contributed by atoms with van der Waals surface area (Å²) in [6.07, 6.45) is 1.15. The second kappa shape index (κ2) is 7.08. The molecular formula is C16H24N2O2. The highest BCUT2D eigenvalue weighted by Gasteiger charge is 2.20. The summed E-state index contributed by atoms with van der Waals surface area (Å²) < 4.78 is 0. The summed E-state index contributed by atoms with van der Waals surface area (Å²) in [6.45, 7) is 7.95. The van der Waals surface area contributed by atoms with Gasteiger partial charge in [-0.05, 0) is 18.1 Å². The van der Waals surface area contributed by atoms with E-state index in [0.29, 0.717) is 6.54 Å². The molecule has 20 heavy (non-hydrogen) atoms. The van der Waals surface area contributed by atoms with Crippen LogP contribution in [0.5, 0.6) is 0 Å². The maximum absolute atomic E-state index is 11.8. The van der Waals surface area contributed by atoms with Crippen molar-refractivity contribution in [1.29, 1.82) is 0 Å². The number of nitrogens with one attached hydrogen (secondary N) is 2. The Labute approximate surface area is 121 Å². The predicted octanol–water partition coefficient (Wildman–Crippen LogP) is 2.74. The molecule has 2 amide bonds. The standard InChI is InChI=1S/C16H24N2O2/c1-5-12-8-6-7-9-13(12)18-14(19)10-11-17-15(20)16(2,3)4/h6-9H,5,10-11H2,1-4H3,(H,17,20)(H,18,19). The molecule has 110 valence electrons. The highest BCUT2D eigenvalue weighted by atomic mass is 16.2. The molecule has 0 heterocycles. The Balaban J connectivity index is 2.43. The first-order valence-electron chi connectivity index (χ1n) is 7.00. The van der Waals surface area contributed by atoms with Gasteiger partial charge in [-0.1, -0.05) is 45.9 Å². The summed E-state index contributed by atoms with van der Waals surface area (Å²) in [5.74, 6) is -0.126. The third kappa shape index (κ3) is 5.03. The molecule has 0 saturated carbocycles. The molecule has 0 aliphatic heterocycles. The summed E-state index contributed by atoms with van der Waals surface area (Å²) in [5.41, 5.74) is 1.53. The number of anilines is 1. The summed E-state index contributed by atoms with van der Waals surface area (Å²) in [6, 6.07) is 7.75. The Morgan fingerprint density at radius 2 is 1.80 bits per heavy atom. The van der Waals surface area contributed by atoms with Crippen LogP contribution in [0.4, 0.5) is 5.69 Å². The highest BCUT2D eigenvalue weighted by molar-refractivity contribution is 5.92. The van der Waals surface area contributed by atoms with Crippen LogP contribution in [-0.2, 0) is 16.0 Å². The second-order valence-electron chi connectivity index (χ2n) is 5.81. The topological polar surface area (TPSA) is 58.2 Å². The molecule has 1 aromatic carbocycles. The van der Waals surface area contributed by atoms with E-state index in [2.05, 4.69) is 17.6 Å². The molecule has 1 aromatic rings. The van der Waals surface area contributed by atoms with Crippen LogP contribution >= 0.6 is 0 Å². The molecule has 0 bridgehead atoms. The zero-order valence-corrected chi connectivity index (χ0v) is 12.7. The van der Waals surface area contributed by atoms with Gasteiger partial charge in [-0.3, -0.25) is 9.59 Å². The van der Waals surface area contributed by atoms with Crippen molar-refractivity contribution in [2.75, 3.05) is 11.9 Å². The molecule has 0 radical (unpaired) electrons. The fourth-order valence-corrected chi connectivity index (χ4v) is 1.72. The number of carbonyl (C=O) groups is 2. The molecule has 0 aromatic heterocycles. The van der Waals surface area contributed by atoms with E-state index in [4.69, 9.17) is 0 Å². The van der Waals surface area contributed by atoms with E-state index in [-0.39, 0.29) is 18.2 Å². The van der Waals surface area contributed by atoms with E-state index in [1.165, 1.54) is 0 Å². The monoisotopic (exact) mass is 276 g/mol. The molecule has 0 saturated heterocycles. The molecular weight excluding hydrogens is 252 g/mol. The third-order valence-corrected chi connectivity index (χ3v) is 2.99. The van der Waals surface area contributed by atoms with Crippen molar-refractivity contribution in [3.8, 4) is 0 Å². The van der Waals surface area contributed by atoms with Crippen molar-refractivity contribution < 1.29 is 9.59 Å². The number of para-hydroxylation sites is 1. The lowest BCUT2D eigenvalue weighted by Gasteiger charge is -2.17. The first-order chi connectivity index (χ1) is 9.34. The molecule has 1 rings (SSSR count). The van der Waals surface area contributed by atoms with Gasteiger partial charge in [0.2, 0.25) is 11.8 Å². The molecule has 2 N–H and O–H groups in total. The van der Waals surface area contributed by atoms with Gasteiger partial charge >= 0.3 is 0 Å². The fourth-order valence-electron chi connectivity index (χ4n) is 1.72. The van der Waals surface area contributed by atoms with Gasteiger partial charge in [0.1, 0.15) is 0 Å². The van der Waals surface area contributed by atoms with Gasteiger partial charge in [0, 0.05) is 24.1 Å². The average Bonchev–Trinajstić information content (AvgIpc) is 2.38. The number of aryl methyl sites for hydroxylation is 1. The first kappa shape index (κ1) is 16.2. The zero-order valence-electron chi connectivity index (χ0n) is 12.7. The molecule has 4 nitrogen and oxygen atoms in total. The second-order valence-corrected chi connectivity index (χ2v) is 5.81. The van der Waals surface area contributed by atoms with E-state index in [9.17, 15) is 9.59 Å². The predicted molar refractivity (Wildman–Crippen MR) is 81.5 cm³/mol. The molecule has 0 atom stereocenters. The molecule has 0 fully saturated rings. The highest BCUT2D eigenvalue weighted by Crippen LogP contribution is 2.15. The lowest BCUT2D eigenvalue weighted by atomic mass is 9.96. The van der Waals surface area contributed by atoms with Crippen LogP contribution in [0.2, 0.25) is 0 Å². The van der Waals surface area contributed by atoms with Gasteiger partial charge in [-0.2, -0.15) is 0 Å². The molecule has 4 heteroatoms. The summed E-state index contributed by atoms with van der Waals surface area (Å²) in [4.78, 5) is 23.5. The minimum atomic E-state index is -0.425. The van der Waals surface area contributed by atoms with E-state index >= 15 is 0 Å². The Morgan fingerprint density at radius 1 is 1.15 bits per heavy atom. The van der Waals surface area contributed by atoms with Gasteiger partial charge in [-0.15, -0.1) is 0 Å². The zero-order chi connectivity index (χ0) is 15.2. The summed E-state index contributed by atoms with van der Waals surface area (Å²) in [7, 11) is 0. The number of benzene rings is 1. The van der Waals surface area contributed by atoms with Crippen LogP contribution in [-0.4, -0.2) is 18.4 Å². The van der Waals surface area contributed by atoms with Gasteiger partial charge < -0.3 is 10.6 Å². The van der Waals surface area contributed by atoms with Crippen molar-refractivity contribution >= 4 is 17.5 Å². The molecule has 0 aliphatic carbocycles. The van der Waals surface area contributed by atoms with E-state index < -0.39 is 5.41 Å². The number of carbonyl (C=O) groups excluding carboxylic acids is 2. The average molecular weight is 276 g/mol. The first-order valence-corrected chi connectivity index (χ1v) is 7.00. The maximum Gasteiger partial charge on any atom is 0.226 e. The minimum absolute atomic E-state index is 0.0424. The van der Waals surface area contributed by atoms with Crippen LogP contribution in [0.3, 0.4) is 0 Å². The Kier molecular flexibility index (Phi) is 5.74. The number of amides is 2. The Bertz CT molecular complexity index is 476. The smallest absolute Gasteiger partial charge is 0.226 e. The van der Waals surface area contributed by atoms with Crippen molar-refractivity contribution in [1.82, 2.24) is 5.32 Å². The van der Waals surface area contributed by atoms with Gasteiger partial charge in [0.25, 0.3) is 0 Å². The minimum Gasteiger partial charge on any atom is -0.355 e. The quantitative estimate of drug-likeness (QED) is 0.868. The fraction of sp³-hybridized carbons (Fsp3) is 0.500. The SMILES string of the molecule is CCc1ccccc1NC(=O)CCNC(=O)C(C)(C)C. The van der Waals surface area contributed by atoms with Crippen LogP contribution in [0.15, 0.2) is 24.3 Å². The number of hydrogen-bond acceptors (Lipinski definition) is 2. The maximum atomic E-state index is 11.8. The number of rotatable bonds is 5. The van der Waals surface area contributed by atoms with Gasteiger partial charge in [0.15, 0.2) is 0 Å². The Hall–Kier alpha value is -1.84. The van der Waals surface area contributed by atoms with E-state index in [1.54, 1.807) is 0 Å². The van der Waals surface area contributed by atoms with Crippen LogP contribution < -0.4 is 10.6 Å². The van der Waals surface area contributed by atoms with Gasteiger partial charge in [0.05, 0.1) is 0 Å². The summed E-state index contributed by atoms with van der Waals surface area (Å²) in [5, 5.41) is 5.65. The summed E-state index contributed by atoms with van der Waals surface area (Å²) >= 11 is 0. The van der Waals surface area contributed by atoms with Crippen molar-refractivity contribution in [3.05, 3.63) is 29.8 Å². The lowest BCUT2D eigenvalue weighted by Crippen LogP contribution is -2.36. The number of hydrogen-bond donors (Lipinski definition) is 2. The van der Waals surface area contributed by atoms with E-state index in [0.717, 1.165) is 17.7 Å². The van der Waals surface area contributed by atoms with Crippen molar-refractivity contribution in [2.45, 2.75) is 40.5 Å². The van der Waals surface area contributed by atoms with Crippen LogP contribution in [0.25, 0.3) is 0 Å². The van der Waals surface area contributed by atoms with Crippen LogP contribution in [0.1, 0.15) is 39.7 Å². The normalized spacial score (nSPS) is 11.0. The van der Waals surface area contributed by atoms with Crippen LogP contribution in [0, 0.1) is 5.41 Å². The molecule has 0 aliphatic rings. The van der Waals surface area contributed by atoms with Crippen molar-refractivity contribution in [2.24, 2.45) is 5.41 Å². The van der Waals surface area contributed by atoms with Gasteiger partial charge in [-0.25, -0.2) is 0 Å². The van der Waals surface area contributed by atoms with E-state index in [1.807, 2.05) is 45.0 Å². The molecule has 0 spiro atoms.